The summed E-state index contributed by atoms with van der Waals surface area (Å²) in [5.74, 6) is -0.0175. The number of benzene rings is 1. The molecule has 66 valence electrons. The van der Waals surface area contributed by atoms with Gasteiger partial charge in [-0.2, -0.15) is 4.98 Å². The van der Waals surface area contributed by atoms with Gasteiger partial charge in [0, 0.05) is 4.47 Å². The van der Waals surface area contributed by atoms with Gasteiger partial charge in [0.15, 0.2) is 0 Å². The first kappa shape index (κ1) is 8.25. The Labute approximate surface area is 82.6 Å². The molecule has 0 fully saturated rings. The molecule has 0 saturated heterocycles. The first-order chi connectivity index (χ1) is 6.16. The van der Waals surface area contributed by atoms with Gasteiger partial charge in [-0.05, 0) is 18.2 Å². The molecule has 0 aliphatic heterocycles. The van der Waals surface area contributed by atoms with Crippen molar-refractivity contribution in [2.24, 2.45) is 0 Å². The summed E-state index contributed by atoms with van der Waals surface area (Å²) >= 11 is 3.29. The van der Waals surface area contributed by atoms with E-state index in [2.05, 4.69) is 25.9 Å². The van der Waals surface area contributed by atoms with Gasteiger partial charge in [0.1, 0.15) is 0 Å². The zero-order valence-corrected chi connectivity index (χ0v) is 8.12. The molecule has 0 bridgehead atoms. The van der Waals surface area contributed by atoms with Crippen molar-refractivity contribution < 1.29 is 5.11 Å². The lowest BCUT2D eigenvalue weighted by molar-refractivity contribution is 0.460. The minimum atomic E-state index is -0.0937. The number of halogens is 1. The molecule has 3 N–H and O–H groups in total. The Morgan fingerprint density at radius 1 is 1.31 bits per heavy atom. The van der Waals surface area contributed by atoms with Crippen molar-refractivity contribution in [2.75, 3.05) is 5.73 Å². The first-order valence-corrected chi connectivity index (χ1v) is 4.38. The number of aromatic hydroxyl groups is 1. The molecule has 0 spiro atoms. The lowest BCUT2D eigenvalue weighted by Crippen LogP contribution is -1.94. The monoisotopic (exact) mass is 239 g/mol. The Bertz CT molecular complexity index is 472. The number of nitrogen functional groups attached to an aromatic ring is 1. The van der Waals surface area contributed by atoms with Crippen LogP contribution in [0.2, 0.25) is 0 Å². The molecule has 0 amide bonds. The molecule has 5 heteroatoms. The van der Waals surface area contributed by atoms with Crippen LogP contribution in [0.1, 0.15) is 0 Å². The van der Waals surface area contributed by atoms with Gasteiger partial charge in [0.05, 0.1) is 10.9 Å². The van der Waals surface area contributed by atoms with E-state index < -0.39 is 0 Å². The highest BCUT2D eigenvalue weighted by Gasteiger charge is 2.04. The fraction of sp³-hybridized carbons (Fsp3) is 0. The summed E-state index contributed by atoms with van der Waals surface area (Å²) in [5.41, 5.74) is 6.00. The molecule has 1 aromatic carbocycles. The van der Waals surface area contributed by atoms with Crippen LogP contribution in [0.25, 0.3) is 10.9 Å². The Kier molecular flexibility index (Phi) is 1.81. The van der Waals surface area contributed by atoms with Crippen molar-refractivity contribution in [2.45, 2.75) is 0 Å². The maximum Gasteiger partial charge on any atom is 0.223 e. The summed E-state index contributed by atoms with van der Waals surface area (Å²) in [5, 5.41) is 10.0. The highest BCUT2D eigenvalue weighted by molar-refractivity contribution is 9.10. The van der Waals surface area contributed by atoms with E-state index in [1.54, 1.807) is 12.1 Å². The van der Waals surface area contributed by atoms with Crippen LogP contribution in [0.4, 0.5) is 5.95 Å². The number of hydrogen-bond acceptors (Lipinski definition) is 4. The van der Waals surface area contributed by atoms with Crippen LogP contribution in [0, 0.1) is 0 Å². The van der Waals surface area contributed by atoms with E-state index >= 15 is 0 Å². The molecule has 0 aliphatic carbocycles. The SMILES string of the molecule is Nc1nc(O)c2cc(Br)ccc2n1. The quantitative estimate of drug-likeness (QED) is 0.734. The van der Waals surface area contributed by atoms with Crippen molar-refractivity contribution in [1.29, 1.82) is 0 Å². The van der Waals surface area contributed by atoms with E-state index in [4.69, 9.17) is 5.73 Å². The van der Waals surface area contributed by atoms with E-state index in [9.17, 15) is 5.11 Å². The molecule has 13 heavy (non-hydrogen) atoms. The molecule has 4 nitrogen and oxygen atoms in total. The Hall–Kier alpha value is -1.36. The molecule has 2 rings (SSSR count). The van der Waals surface area contributed by atoms with Crippen molar-refractivity contribution >= 4 is 32.8 Å². The summed E-state index contributed by atoms with van der Waals surface area (Å²) in [6.07, 6.45) is 0. The molecular weight excluding hydrogens is 234 g/mol. The first-order valence-electron chi connectivity index (χ1n) is 3.58. The Balaban J connectivity index is 2.87. The second-order valence-corrected chi connectivity index (χ2v) is 3.48. The van der Waals surface area contributed by atoms with E-state index in [-0.39, 0.29) is 11.8 Å². The van der Waals surface area contributed by atoms with Crippen LogP contribution in [0.3, 0.4) is 0 Å². The van der Waals surface area contributed by atoms with Gasteiger partial charge in [-0.15, -0.1) is 0 Å². The molecule has 0 aliphatic rings. The largest absolute Gasteiger partial charge is 0.493 e. The number of hydrogen-bond donors (Lipinski definition) is 2. The van der Waals surface area contributed by atoms with Gasteiger partial charge in [0.2, 0.25) is 11.8 Å². The lowest BCUT2D eigenvalue weighted by atomic mass is 10.2. The molecule has 0 radical (unpaired) electrons. The Morgan fingerprint density at radius 2 is 2.08 bits per heavy atom. The fourth-order valence-corrected chi connectivity index (χ4v) is 1.46. The molecular formula is C8H6BrN3O. The summed E-state index contributed by atoms with van der Waals surface area (Å²) in [4.78, 5) is 7.61. The molecule has 0 unspecified atom stereocenters. The summed E-state index contributed by atoms with van der Waals surface area (Å²) in [6.45, 7) is 0. The number of fused-ring (bicyclic) bond motifs is 1. The highest BCUT2D eigenvalue weighted by atomic mass is 79.9. The maximum absolute atomic E-state index is 9.42. The standard InChI is InChI=1S/C8H6BrN3O/c9-4-1-2-6-5(3-4)7(13)12-8(10)11-6/h1-3H,(H3,10,11,12,13). The fourth-order valence-electron chi connectivity index (χ4n) is 1.10. The molecule has 1 aromatic heterocycles. The van der Waals surface area contributed by atoms with E-state index in [1.807, 2.05) is 6.07 Å². The van der Waals surface area contributed by atoms with Gasteiger partial charge in [-0.1, -0.05) is 15.9 Å². The van der Waals surface area contributed by atoms with E-state index in [1.165, 1.54) is 0 Å². The number of anilines is 1. The zero-order valence-electron chi connectivity index (χ0n) is 6.53. The van der Waals surface area contributed by atoms with E-state index in [0.29, 0.717) is 10.9 Å². The average Bonchev–Trinajstić information content (AvgIpc) is 2.06. The number of aromatic nitrogens is 2. The third kappa shape index (κ3) is 1.42. The summed E-state index contributed by atoms with van der Waals surface area (Å²) in [7, 11) is 0. The lowest BCUT2D eigenvalue weighted by Gasteiger charge is -2.00. The second kappa shape index (κ2) is 2.85. The predicted octanol–water partition coefficient (Wildman–Crippen LogP) is 1.68. The third-order valence-corrected chi connectivity index (χ3v) is 2.15. The van der Waals surface area contributed by atoms with Crippen LogP contribution in [0.5, 0.6) is 5.88 Å². The van der Waals surface area contributed by atoms with Crippen LogP contribution >= 0.6 is 15.9 Å². The zero-order chi connectivity index (χ0) is 9.42. The summed E-state index contributed by atoms with van der Waals surface area (Å²) < 4.78 is 0.865. The molecule has 2 aromatic rings. The van der Waals surface area contributed by atoms with Gasteiger partial charge < -0.3 is 10.8 Å². The highest BCUT2D eigenvalue weighted by Crippen LogP contribution is 2.24. The number of nitrogens with two attached hydrogens (primary N) is 1. The van der Waals surface area contributed by atoms with E-state index in [0.717, 1.165) is 4.47 Å². The summed E-state index contributed by atoms with van der Waals surface area (Å²) in [6, 6.07) is 5.33. The Morgan fingerprint density at radius 3 is 2.85 bits per heavy atom. The smallest absolute Gasteiger partial charge is 0.223 e. The third-order valence-electron chi connectivity index (χ3n) is 1.65. The number of nitrogens with zero attached hydrogens (tertiary/aromatic N) is 2. The number of rotatable bonds is 0. The minimum absolute atomic E-state index is 0.0762. The normalized spacial score (nSPS) is 10.5. The second-order valence-electron chi connectivity index (χ2n) is 2.57. The van der Waals surface area contributed by atoms with Crippen molar-refractivity contribution in [3.05, 3.63) is 22.7 Å². The van der Waals surface area contributed by atoms with Crippen LogP contribution in [-0.4, -0.2) is 15.1 Å². The van der Waals surface area contributed by atoms with Crippen LogP contribution < -0.4 is 5.73 Å². The predicted molar refractivity (Wildman–Crippen MR) is 53.3 cm³/mol. The van der Waals surface area contributed by atoms with Gasteiger partial charge >= 0.3 is 0 Å². The van der Waals surface area contributed by atoms with Crippen molar-refractivity contribution in [3.63, 3.8) is 0 Å². The van der Waals surface area contributed by atoms with Gasteiger partial charge in [-0.3, -0.25) is 0 Å². The van der Waals surface area contributed by atoms with Gasteiger partial charge in [-0.25, -0.2) is 4.98 Å². The van der Waals surface area contributed by atoms with Crippen LogP contribution in [0.15, 0.2) is 22.7 Å². The van der Waals surface area contributed by atoms with Crippen LogP contribution in [-0.2, 0) is 0 Å². The topological polar surface area (TPSA) is 72.0 Å². The van der Waals surface area contributed by atoms with Gasteiger partial charge in [0.25, 0.3) is 0 Å². The van der Waals surface area contributed by atoms with Crippen molar-refractivity contribution in [1.82, 2.24) is 9.97 Å². The molecule has 1 heterocycles. The van der Waals surface area contributed by atoms with Crippen molar-refractivity contribution in [3.8, 4) is 5.88 Å². The molecule has 0 saturated carbocycles. The maximum atomic E-state index is 9.42. The molecule has 0 atom stereocenters. The average molecular weight is 240 g/mol. The minimum Gasteiger partial charge on any atom is -0.493 e.